The van der Waals surface area contributed by atoms with Crippen LogP contribution in [0.25, 0.3) is 11.4 Å². The predicted molar refractivity (Wildman–Crippen MR) is 74.9 cm³/mol. The van der Waals surface area contributed by atoms with Gasteiger partial charge in [0.25, 0.3) is 0 Å². The number of aromatic amines is 1. The zero-order valence-corrected chi connectivity index (χ0v) is 11.3. The standard InChI is InChI=1S/C13H15N7/c1-9(11-7-14-20(2)8-11)15-12-5-3-4-10(6-12)13-16-18-19-17-13/h3-9,15H,1-2H3,(H,16,17,18,19). The summed E-state index contributed by atoms with van der Waals surface area (Å²) in [5.41, 5.74) is 3.06. The summed E-state index contributed by atoms with van der Waals surface area (Å²) in [6.07, 6.45) is 3.86. The maximum atomic E-state index is 4.18. The van der Waals surface area contributed by atoms with Gasteiger partial charge in [-0.05, 0) is 24.3 Å². The minimum absolute atomic E-state index is 0.171. The van der Waals surface area contributed by atoms with Crippen LogP contribution in [0.4, 0.5) is 5.69 Å². The average Bonchev–Trinajstić information content (AvgIpc) is 3.10. The molecule has 2 aromatic heterocycles. The number of hydrogen-bond donors (Lipinski definition) is 2. The molecule has 0 aliphatic heterocycles. The molecule has 3 aromatic rings. The molecule has 0 saturated carbocycles. The third-order valence-corrected chi connectivity index (χ3v) is 3.07. The summed E-state index contributed by atoms with van der Waals surface area (Å²) in [4.78, 5) is 0. The summed E-state index contributed by atoms with van der Waals surface area (Å²) >= 11 is 0. The molecule has 0 aliphatic rings. The van der Waals surface area contributed by atoms with Crippen molar-refractivity contribution >= 4 is 5.69 Å². The van der Waals surface area contributed by atoms with Gasteiger partial charge in [0.05, 0.1) is 12.2 Å². The molecule has 1 atom stereocenters. The van der Waals surface area contributed by atoms with Crippen LogP contribution in [0.2, 0.25) is 0 Å². The third kappa shape index (κ3) is 2.51. The van der Waals surface area contributed by atoms with Crippen molar-refractivity contribution in [3.8, 4) is 11.4 Å². The van der Waals surface area contributed by atoms with Crippen LogP contribution in [0.1, 0.15) is 18.5 Å². The van der Waals surface area contributed by atoms with Gasteiger partial charge >= 0.3 is 0 Å². The highest BCUT2D eigenvalue weighted by molar-refractivity contribution is 5.62. The monoisotopic (exact) mass is 269 g/mol. The minimum atomic E-state index is 0.171. The Labute approximate surface area is 116 Å². The van der Waals surface area contributed by atoms with Gasteiger partial charge in [-0.3, -0.25) is 4.68 Å². The van der Waals surface area contributed by atoms with Crippen molar-refractivity contribution in [3.05, 3.63) is 42.2 Å². The first-order valence-corrected chi connectivity index (χ1v) is 6.31. The summed E-state index contributed by atoms with van der Waals surface area (Å²) < 4.78 is 1.79. The van der Waals surface area contributed by atoms with Gasteiger partial charge < -0.3 is 5.32 Å². The first kappa shape index (κ1) is 12.3. The van der Waals surface area contributed by atoms with E-state index in [1.165, 1.54) is 0 Å². The largest absolute Gasteiger partial charge is 0.378 e. The second kappa shape index (κ2) is 5.12. The van der Waals surface area contributed by atoms with Crippen LogP contribution >= 0.6 is 0 Å². The normalized spacial score (nSPS) is 12.3. The number of benzene rings is 1. The van der Waals surface area contributed by atoms with Gasteiger partial charge in [-0.15, -0.1) is 10.2 Å². The highest BCUT2D eigenvalue weighted by Gasteiger charge is 2.09. The van der Waals surface area contributed by atoms with Gasteiger partial charge in [-0.2, -0.15) is 10.3 Å². The van der Waals surface area contributed by atoms with E-state index in [0.717, 1.165) is 16.8 Å². The molecule has 0 spiro atoms. The van der Waals surface area contributed by atoms with E-state index in [2.05, 4.69) is 38.0 Å². The van der Waals surface area contributed by atoms with E-state index >= 15 is 0 Å². The Morgan fingerprint density at radius 3 is 2.95 bits per heavy atom. The maximum absolute atomic E-state index is 4.18. The molecule has 1 aromatic carbocycles. The zero-order valence-electron chi connectivity index (χ0n) is 11.3. The summed E-state index contributed by atoms with van der Waals surface area (Å²) in [5, 5.41) is 21.6. The number of nitrogens with one attached hydrogen (secondary N) is 2. The first-order chi connectivity index (χ1) is 9.72. The fraction of sp³-hybridized carbons (Fsp3) is 0.231. The Morgan fingerprint density at radius 2 is 2.25 bits per heavy atom. The lowest BCUT2D eigenvalue weighted by Crippen LogP contribution is -2.05. The quantitative estimate of drug-likeness (QED) is 0.754. The van der Waals surface area contributed by atoms with E-state index < -0.39 is 0 Å². The topological polar surface area (TPSA) is 84.3 Å². The predicted octanol–water partition coefficient (Wildman–Crippen LogP) is 1.77. The maximum Gasteiger partial charge on any atom is 0.204 e. The molecule has 0 amide bonds. The Hall–Kier alpha value is -2.70. The fourth-order valence-electron chi connectivity index (χ4n) is 2.03. The van der Waals surface area contributed by atoms with Crippen molar-refractivity contribution in [1.82, 2.24) is 30.4 Å². The smallest absolute Gasteiger partial charge is 0.204 e. The van der Waals surface area contributed by atoms with Crippen molar-refractivity contribution in [2.75, 3.05) is 5.32 Å². The molecule has 0 radical (unpaired) electrons. The molecule has 0 bridgehead atoms. The molecule has 1 unspecified atom stereocenters. The lowest BCUT2D eigenvalue weighted by atomic mass is 10.1. The van der Waals surface area contributed by atoms with Crippen LogP contribution in [0, 0.1) is 0 Å². The number of aromatic nitrogens is 6. The van der Waals surface area contributed by atoms with Gasteiger partial charge in [0.1, 0.15) is 0 Å². The number of anilines is 1. The molecule has 0 aliphatic carbocycles. The number of rotatable bonds is 4. The van der Waals surface area contributed by atoms with Crippen LogP contribution in [-0.2, 0) is 7.05 Å². The summed E-state index contributed by atoms with van der Waals surface area (Å²) in [7, 11) is 1.91. The Kier molecular flexibility index (Phi) is 3.16. The molecular weight excluding hydrogens is 254 g/mol. The van der Waals surface area contributed by atoms with Crippen molar-refractivity contribution in [2.24, 2.45) is 7.05 Å². The molecular formula is C13H15N7. The van der Waals surface area contributed by atoms with E-state index in [4.69, 9.17) is 0 Å². The van der Waals surface area contributed by atoms with Gasteiger partial charge in [-0.1, -0.05) is 12.1 Å². The summed E-state index contributed by atoms with van der Waals surface area (Å²) in [6.45, 7) is 2.10. The van der Waals surface area contributed by atoms with Crippen LogP contribution in [0.3, 0.4) is 0 Å². The van der Waals surface area contributed by atoms with Crippen molar-refractivity contribution in [2.45, 2.75) is 13.0 Å². The van der Waals surface area contributed by atoms with E-state index in [1.807, 2.05) is 43.7 Å². The van der Waals surface area contributed by atoms with Gasteiger partial charge in [0.15, 0.2) is 0 Å². The van der Waals surface area contributed by atoms with Gasteiger partial charge in [0, 0.05) is 30.1 Å². The highest BCUT2D eigenvalue weighted by Crippen LogP contribution is 2.22. The average molecular weight is 269 g/mol. The van der Waals surface area contributed by atoms with Gasteiger partial charge in [0.2, 0.25) is 5.82 Å². The lowest BCUT2D eigenvalue weighted by Gasteiger charge is -2.14. The highest BCUT2D eigenvalue weighted by atomic mass is 15.5. The molecule has 2 heterocycles. The molecule has 2 N–H and O–H groups in total. The number of tetrazole rings is 1. The van der Waals surface area contributed by atoms with Crippen LogP contribution in [0.5, 0.6) is 0 Å². The molecule has 3 rings (SSSR count). The van der Waals surface area contributed by atoms with Crippen LogP contribution < -0.4 is 5.32 Å². The number of nitrogens with zero attached hydrogens (tertiary/aromatic N) is 5. The SMILES string of the molecule is CC(Nc1cccc(-c2nn[nH]n2)c1)c1cnn(C)c1. The lowest BCUT2D eigenvalue weighted by molar-refractivity contribution is 0.765. The summed E-state index contributed by atoms with van der Waals surface area (Å²) in [5.74, 6) is 0.586. The Morgan fingerprint density at radius 1 is 1.35 bits per heavy atom. The van der Waals surface area contributed by atoms with Crippen molar-refractivity contribution in [1.29, 1.82) is 0 Å². The zero-order chi connectivity index (χ0) is 13.9. The van der Waals surface area contributed by atoms with Crippen LogP contribution in [0.15, 0.2) is 36.7 Å². The second-order valence-corrected chi connectivity index (χ2v) is 4.63. The fourth-order valence-corrected chi connectivity index (χ4v) is 2.03. The number of hydrogen-bond acceptors (Lipinski definition) is 5. The molecule has 7 nitrogen and oxygen atoms in total. The molecule has 0 fully saturated rings. The summed E-state index contributed by atoms with van der Waals surface area (Å²) in [6, 6.07) is 8.09. The molecule has 0 saturated heterocycles. The number of aryl methyl sites for hydroxylation is 1. The van der Waals surface area contributed by atoms with Crippen molar-refractivity contribution in [3.63, 3.8) is 0 Å². The van der Waals surface area contributed by atoms with Crippen molar-refractivity contribution < 1.29 is 0 Å². The first-order valence-electron chi connectivity index (χ1n) is 6.31. The van der Waals surface area contributed by atoms with E-state index in [1.54, 1.807) is 4.68 Å². The molecule has 102 valence electrons. The Balaban J connectivity index is 1.79. The third-order valence-electron chi connectivity index (χ3n) is 3.07. The molecule has 7 heteroatoms. The minimum Gasteiger partial charge on any atom is -0.378 e. The van der Waals surface area contributed by atoms with Crippen LogP contribution in [-0.4, -0.2) is 30.4 Å². The van der Waals surface area contributed by atoms with E-state index in [0.29, 0.717) is 5.82 Å². The molecule has 20 heavy (non-hydrogen) atoms. The second-order valence-electron chi connectivity index (χ2n) is 4.63. The van der Waals surface area contributed by atoms with E-state index in [-0.39, 0.29) is 6.04 Å². The van der Waals surface area contributed by atoms with E-state index in [9.17, 15) is 0 Å². The van der Waals surface area contributed by atoms with Gasteiger partial charge in [-0.25, -0.2) is 0 Å². The number of H-pyrrole nitrogens is 1. The Bertz CT molecular complexity index is 686.